The summed E-state index contributed by atoms with van der Waals surface area (Å²) in [6.07, 6.45) is 2.97. The highest BCUT2D eigenvalue weighted by atomic mass is 16.5. The Morgan fingerprint density at radius 1 is 1.35 bits per heavy atom. The van der Waals surface area contributed by atoms with Crippen molar-refractivity contribution in [2.45, 2.75) is 44.6 Å². The maximum absolute atomic E-state index is 12.5. The average Bonchev–Trinajstić information content (AvgIpc) is 3.38. The van der Waals surface area contributed by atoms with E-state index in [0.29, 0.717) is 11.8 Å². The highest BCUT2D eigenvalue weighted by Gasteiger charge is 2.35. The summed E-state index contributed by atoms with van der Waals surface area (Å²) in [5.74, 6) is 1.31. The number of anilines is 1. The molecule has 1 saturated carbocycles. The summed E-state index contributed by atoms with van der Waals surface area (Å²) in [7, 11) is 1.75. The molecule has 26 heavy (non-hydrogen) atoms. The van der Waals surface area contributed by atoms with E-state index in [-0.39, 0.29) is 16.7 Å². The first-order chi connectivity index (χ1) is 12.5. The van der Waals surface area contributed by atoms with E-state index < -0.39 is 0 Å². The first-order valence-corrected chi connectivity index (χ1v) is 9.36. The minimum atomic E-state index is -0.303. The van der Waals surface area contributed by atoms with E-state index in [1.165, 1.54) is 12.0 Å². The summed E-state index contributed by atoms with van der Waals surface area (Å²) in [5.41, 5.74) is 2.69. The van der Waals surface area contributed by atoms with Gasteiger partial charge in [0.2, 0.25) is 0 Å². The van der Waals surface area contributed by atoms with Crippen molar-refractivity contribution < 1.29 is 4.74 Å². The molecule has 0 spiro atoms. The second kappa shape index (κ2) is 6.14. The van der Waals surface area contributed by atoms with Crippen LogP contribution >= 0.6 is 0 Å². The van der Waals surface area contributed by atoms with Crippen LogP contribution in [0.25, 0.3) is 10.9 Å². The zero-order chi connectivity index (χ0) is 18.5. The molecule has 1 aliphatic carbocycles. The predicted octanol–water partition coefficient (Wildman–Crippen LogP) is 3.53. The number of nitrogens with one attached hydrogen (secondary N) is 1. The fraction of sp³-hybridized carbons (Fsp3) is 0.524. The molecule has 136 valence electrons. The molecule has 2 heterocycles. The van der Waals surface area contributed by atoms with Crippen molar-refractivity contribution in [1.29, 1.82) is 5.26 Å². The number of hydrogen-bond acceptors (Lipinski definition) is 4. The molecule has 5 nitrogen and oxygen atoms in total. The summed E-state index contributed by atoms with van der Waals surface area (Å²) in [5, 5.41) is 10.6. The smallest absolute Gasteiger partial charge is 0.268 e. The molecule has 1 aromatic carbocycles. The van der Waals surface area contributed by atoms with Crippen molar-refractivity contribution in [3.05, 3.63) is 39.7 Å². The number of pyridine rings is 1. The Labute approximate surface area is 153 Å². The number of piperidine rings is 1. The standard InChI is InChI=1S/C21H25N3O2/c1-13-10-15(13)14-4-5-18-16(11-14)19(17(12-22)20(25)23-18)24-8-6-21(2,26-3)7-9-24/h4-5,11,13,15H,6-10H2,1-3H3,(H,23,25)/t13-,15+/m1/s1. The monoisotopic (exact) mass is 351 g/mol. The fourth-order valence-electron chi connectivity index (χ4n) is 4.15. The number of fused-ring (bicyclic) bond motifs is 1. The Balaban J connectivity index is 1.83. The Morgan fingerprint density at radius 2 is 2.04 bits per heavy atom. The molecule has 1 N–H and O–H groups in total. The topological polar surface area (TPSA) is 69.1 Å². The molecular formula is C21H25N3O2. The van der Waals surface area contributed by atoms with Gasteiger partial charge in [-0.2, -0.15) is 5.26 Å². The van der Waals surface area contributed by atoms with Crippen LogP contribution in [0.15, 0.2) is 23.0 Å². The van der Waals surface area contributed by atoms with Crippen molar-refractivity contribution in [2.75, 3.05) is 25.1 Å². The van der Waals surface area contributed by atoms with Gasteiger partial charge in [-0.3, -0.25) is 4.79 Å². The second-order valence-electron chi connectivity index (χ2n) is 8.06. The minimum Gasteiger partial charge on any atom is -0.378 e. The van der Waals surface area contributed by atoms with Crippen LogP contribution in [-0.4, -0.2) is 30.8 Å². The third-order valence-electron chi connectivity index (χ3n) is 6.29. The number of nitriles is 1. The number of H-pyrrole nitrogens is 1. The lowest BCUT2D eigenvalue weighted by Gasteiger charge is -2.40. The van der Waals surface area contributed by atoms with Crippen LogP contribution in [0.5, 0.6) is 0 Å². The SMILES string of the molecule is COC1(C)CCN(c2c(C#N)c(=O)[nH]c3ccc([C@H]4C[C@H]4C)cc23)CC1. The molecular weight excluding hydrogens is 326 g/mol. The summed E-state index contributed by atoms with van der Waals surface area (Å²) in [6.45, 7) is 5.95. The third kappa shape index (κ3) is 2.79. The molecule has 0 radical (unpaired) electrons. The molecule has 4 rings (SSSR count). The zero-order valence-electron chi connectivity index (χ0n) is 15.6. The Bertz CT molecular complexity index is 948. The zero-order valence-corrected chi connectivity index (χ0v) is 15.6. The molecule has 5 heteroatoms. The second-order valence-corrected chi connectivity index (χ2v) is 8.06. The van der Waals surface area contributed by atoms with Crippen molar-refractivity contribution in [1.82, 2.24) is 4.98 Å². The summed E-state index contributed by atoms with van der Waals surface area (Å²) >= 11 is 0. The molecule has 1 aromatic heterocycles. The van der Waals surface area contributed by atoms with Gasteiger partial charge >= 0.3 is 0 Å². The third-order valence-corrected chi connectivity index (χ3v) is 6.29. The normalized spacial score (nSPS) is 24.5. The van der Waals surface area contributed by atoms with Gasteiger partial charge in [0.15, 0.2) is 0 Å². The fourth-order valence-corrected chi connectivity index (χ4v) is 4.15. The van der Waals surface area contributed by atoms with Crippen LogP contribution in [-0.2, 0) is 4.74 Å². The highest BCUT2D eigenvalue weighted by molar-refractivity contribution is 5.95. The Hall–Kier alpha value is -2.32. The van der Waals surface area contributed by atoms with E-state index in [1.807, 2.05) is 6.07 Å². The summed E-state index contributed by atoms with van der Waals surface area (Å²) < 4.78 is 5.64. The van der Waals surface area contributed by atoms with Crippen LogP contribution in [0.3, 0.4) is 0 Å². The van der Waals surface area contributed by atoms with Gasteiger partial charge in [0.25, 0.3) is 5.56 Å². The molecule has 2 aliphatic rings. The van der Waals surface area contributed by atoms with Gasteiger partial charge in [-0.1, -0.05) is 13.0 Å². The maximum atomic E-state index is 12.5. The predicted molar refractivity (Wildman–Crippen MR) is 103 cm³/mol. The van der Waals surface area contributed by atoms with Crippen molar-refractivity contribution in [3.63, 3.8) is 0 Å². The first kappa shape index (κ1) is 17.1. The van der Waals surface area contributed by atoms with Crippen LogP contribution in [0.1, 0.15) is 50.2 Å². The Morgan fingerprint density at radius 3 is 2.62 bits per heavy atom. The van der Waals surface area contributed by atoms with Gasteiger partial charge in [-0.25, -0.2) is 0 Å². The summed E-state index contributed by atoms with van der Waals surface area (Å²) in [4.78, 5) is 17.5. The van der Waals surface area contributed by atoms with Crippen LogP contribution < -0.4 is 10.5 Å². The van der Waals surface area contributed by atoms with Crippen LogP contribution in [0.2, 0.25) is 0 Å². The van der Waals surface area contributed by atoms with Crippen LogP contribution in [0.4, 0.5) is 5.69 Å². The number of nitrogens with zero attached hydrogens (tertiary/aromatic N) is 2. The Kier molecular flexibility index (Phi) is 4.04. The van der Waals surface area contributed by atoms with Gasteiger partial charge in [-0.05, 0) is 55.7 Å². The number of rotatable bonds is 3. The van der Waals surface area contributed by atoms with Gasteiger partial charge in [0.05, 0.1) is 16.8 Å². The van der Waals surface area contributed by atoms with Crippen LogP contribution in [0, 0.1) is 17.2 Å². The van der Waals surface area contributed by atoms with Crippen molar-refractivity contribution >= 4 is 16.6 Å². The van der Waals surface area contributed by atoms with Gasteiger partial charge in [0, 0.05) is 25.6 Å². The lowest BCUT2D eigenvalue weighted by atomic mass is 9.92. The summed E-state index contributed by atoms with van der Waals surface area (Å²) in [6, 6.07) is 8.43. The van der Waals surface area contributed by atoms with Gasteiger partial charge in [-0.15, -0.1) is 0 Å². The molecule has 2 fully saturated rings. The minimum absolute atomic E-state index is 0.130. The molecule has 1 saturated heterocycles. The van der Waals surface area contributed by atoms with E-state index in [4.69, 9.17) is 4.74 Å². The number of aromatic amines is 1. The van der Waals surface area contributed by atoms with E-state index in [1.54, 1.807) is 7.11 Å². The number of ether oxygens (including phenoxy) is 1. The number of methoxy groups -OCH3 is 1. The van der Waals surface area contributed by atoms with E-state index in [9.17, 15) is 10.1 Å². The lowest BCUT2D eigenvalue weighted by molar-refractivity contribution is -0.0132. The van der Waals surface area contributed by atoms with Crippen molar-refractivity contribution in [3.8, 4) is 6.07 Å². The van der Waals surface area contributed by atoms with Gasteiger partial charge < -0.3 is 14.6 Å². The molecule has 0 amide bonds. The van der Waals surface area contributed by atoms with E-state index >= 15 is 0 Å². The quantitative estimate of drug-likeness (QED) is 0.918. The highest BCUT2D eigenvalue weighted by Crippen LogP contribution is 2.48. The number of aromatic nitrogens is 1. The molecule has 2 aromatic rings. The van der Waals surface area contributed by atoms with Gasteiger partial charge in [0.1, 0.15) is 11.6 Å². The van der Waals surface area contributed by atoms with E-state index in [0.717, 1.165) is 42.5 Å². The largest absolute Gasteiger partial charge is 0.378 e. The first-order valence-electron chi connectivity index (χ1n) is 9.36. The molecule has 1 aliphatic heterocycles. The molecule has 2 atom stereocenters. The number of benzene rings is 1. The molecule has 0 unspecified atom stereocenters. The number of hydrogen-bond donors (Lipinski definition) is 1. The van der Waals surface area contributed by atoms with Crippen molar-refractivity contribution in [2.24, 2.45) is 5.92 Å². The average molecular weight is 351 g/mol. The van der Waals surface area contributed by atoms with E-state index in [2.05, 4.69) is 41.9 Å². The molecule has 0 bridgehead atoms. The maximum Gasteiger partial charge on any atom is 0.268 e. The lowest BCUT2D eigenvalue weighted by Crippen LogP contribution is -2.44.